The lowest BCUT2D eigenvalue weighted by molar-refractivity contribution is -0.121. The van der Waals surface area contributed by atoms with E-state index < -0.39 is 0 Å². The van der Waals surface area contributed by atoms with Gasteiger partial charge >= 0.3 is 0 Å². The maximum atomic E-state index is 13.2. The molecule has 33 heavy (non-hydrogen) atoms. The van der Waals surface area contributed by atoms with Crippen molar-refractivity contribution in [1.82, 2.24) is 9.66 Å². The third kappa shape index (κ3) is 4.06. The summed E-state index contributed by atoms with van der Waals surface area (Å²) in [6.07, 6.45) is 4.95. The molecule has 4 heterocycles. The molecule has 2 aromatic heterocycles. The molecule has 1 aromatic carbocycles. The zero-order chi connectivity index (χ0) is 22.9. The smallest absolute Gasteiger partial charge is 0.286 e. The topological polar surface area (TPSA) is 84.5 Å². The van der Waals surface area contributed by atoms with Crippen molar-refractivity contribution < 1.29 is 4.79 Å². The second-order valence-corrected chi connectivity index (χ2v) is 8.59. The molecule has 0 aliphatic carbocycles. The van der Waals surface area contributed by atoms with Gasteiger partial charge in [-0.15, -0.1) is 0 Å². The lowest BCUT2D eigenvalue weighted by Gasteiger charge is -2.22. The molecule has 2 aliphatic rings. The van der Waals surface area contributed by atoms with Crippen LogP contribution in [0.5, 0.6) is 0 Å². The molecule has 1 atom stereocenters. The summed E-state index contributed by atoms with van der Waals surface area (Å²) in [6, 6.07) is 13.4. The van der Waals surface area contributed by atoms with Crippen LogP contribution in [0.1, 0.15) is 23.1 Å². The molecule has 1 saturated heterocycles. The summed E-state index contributed by atoms with van der Waals surface area (Å²) in [4.78, 5) is 31.1. The quantitative estimate of drug-likeness (QED) is 0.608. The van der Waals surface area contributed by atoms with Crippen LogP contribution in [0.4, 0.5) is 11.5 Å². The molecule has 0 unspecified atom stereocenters. The minimum Gasteiger partial charge on any atom is -0.369 e. The van der Waals surface area contributed by atoms with Crippen molar-refractivity contribution in [3.8, 4) is 11.8 Å². The van der Waals surface area contributed by atoms with Crippen LogP contribution in [0.2, 0.25) is 5.02 Å². The normalized spacial score (nSPS) is 16.9. The van der Waals surface area contributed by atoms with Crippen LogP contribution in [-0.4, -0.2) is 35.2 Å². The van der Waals surface area contributed by atoms with Gasteiger partial charge < -0.3 is 10.6 Å². The zero-order valence-electron chi connectivity index (χ0n) is 17.9. The number of halogens is 1. The molecule has 2 N–H and O–H groups in total. The number of nitrogens with two attached hydrogens (primary N) is 1. The van der Waals surface area contributed by atoms with E-state index in [-0.39, 0.29) is 22.9 Å². The second-order valence-electron chi connectivity index (χ2n) is 8.18. The van der Waals surface area contributed by atoms with Gasteiger partial charge in [0.2, 0.25) is 5.91 Å². The summed E-state index contributed by atoms with van der Waals surface area (Å²) in [5.41, 5.74) is 8.29. The van der Waals surface area contributed by atoms with Crippen molar-refractivity contribution in [2.24, 2.45) is 11.7 Å². The Morgan fingerprint density at radius 3 is 2.73 bits per heavy atom. The highest BCUT2D eigenvalue weighted by Crippen LogP contribution is 2.27. The highest BCUT2D eigenvalue weighted by molar-refractivity contribution is 6.31. The van der Waals surface area contributed by atoms with E-state index in [1.54, 1.807) is 23.1 Å². The number of hydrogen-bond donors (Lipinski definition) is 1. The van der Waals surface area contributed by atoms with Crippen LogP contribution in [0.25, 0.3) is 0 Å². The van der Waals surface area contributed by atoms with Gasteiger partial charge in [0.15, 0.2) is 0 Å². The van der Waals surface area contributed by atoms with Crippen molar-refractivity contribution in [1.29, 1.82) is 0 Å². The van der Waals surface area contributed by atoms with Gasteiger partial charge in [0.05, 0.1) is 16.6 Å². The van der Waals surface area contributed by atoms with Crippen LogP contribution in [-0.2, 0) is 11.2 Å². The maximum Gasteiger partial charge on any atom is 0.286 e. The molecule has 5 rings (SSSR count). The minimum atomic E-state index is -0.275. The second kappa shape index (κ2) is 8.64. The molecular formula is C25H22ClN5O2. The first-order chi connectivity index (χ1) is 16.0. The minimum absolute atomic E-state index is 0.142. The number of anilines is 2. The van der Waals surface area contributed by atoms with Crippen LogP contribution in [0, 0.1) is 17.8 Å². The van der Waals surface area contributed by atoms with Crippen molar-refractivity contribution in [3.05, 3.63) is 86.9 Å². The van der Waals surface area contributed by atoms with E-state index in [4.69, 9.17) is 17.3 Å². The maximum absolute atomic E-state index is 13.2. The number of rotatable bonds is 3. The molecule has 0 saturated carbocycles. The van der Waals surface area contributed by atoms with Gasteiger partial charge in [-0.25, -0.2) is 9.66 Å². The van der Waals surface area contributed by atoms with Crippen LogP contribution >= 0.6 is 11.6 Å². The van der Waals surface area contributed by atoms with Crippen molar-refractivity contribution >= 4 is 29.0 Å². The van der Waals surface area contributed by atoms with Gasteiger partial charge in [-0.2, -0.15) is 0 Å². The largest absolute Gasteiger partial charge is 0.369 e. The van der Waals surface area contributed by atoms with Gasteiger partial charge in [-0.1, -0.05) is 41.6 Å². The molecule has 166 valence electrons. The highest BCUT2D eigenvalue weighted by Gasteiger charge is 2.27. The Morgan fingerprint density at radius 2 is 1.97 bits per heavy atom. The summed E-state index contributed by atoms with van der Waals surface area (Å²) in [7, 11) is 0. The number of pyridine rings is 2. The Bertz CT molecular complexity index is 1340. The summed E-state index contributed by atoms with van der Waals surface area (Å²) in [5, 5.41) is 2.26. The molecule has 1 fully saturated rings. The number of hydrogen-bond acceptors (Lipinski definition) is 5. The van der Waals surface area contributed by atoms with E-state index in [0.717, 1.165) is 30.9 Å². The Kier molecular flexibility index (Phi) is 5.53. The number of benzene rings is 1. The van der Waals surface area contributed by atoms with Gasteiger partial charge in [0.1, 0.15) is 11.4 Å². The van der Waals surface area contributed by atoms with Crippen LogP contribution in [0.15, 0.2) is 59.7 Å². The SMILES string of the molecule is NC(=O)[C@@H]1CCN(c2ccc(C#Cc3c(Cl)ccn(N4CCc5ccccc54)c3=O)cn2)C1. The third-order valence-electron chi connectivity index (χ3n) is 6.14. The fourth-order valence-electron chi connectivity index (χ4n) is 4.33. The molecule has 7 nitrogen and oxygen atoms in total. The van der Waals surface area contributed by atoms with E-state index >= 15 is 0 Å². The summed E-state index contributed by atoms with van der Waals surface area (Å²) >= 11 is 6.33. The Morgan fingerprint density at radius 1 is 1.12 bits per heavy atom. The van der Waals surface area contributed by atoms with Gasteiger partial charge in [0.25, 0.3) is 5.56 Å². The van der Waals surface area contributed by atoms with E-state index in [1.165, 1.54) is 5.56 Å². The first-order valence-electron chi connectivity index (χ1n) is 10.8. The number of nitrogens with zero attached hydrogens (tertiary/aromatic N) is 4. The Hall–Kier alpha value is -3.76. The van der Waals surface area contributed by atoms with E-state index in [9.17, 15) is 9.59 Å². The molecule has 3 aromatic rings. The fraction of sp³-hybridized carbons (Fsp3) is 0.240. The van der Waals surface area contributed by atoms with E-state index in [0.29, 0.717) is 23.7 Å². The van der Waals surface area contributed by atoms with E-state index in [1.807, 2.05) is 40.2 Å². The first-order valence-corrected chi connectivity index (χ1v) is 11.2. The summed E-state index contributed by atoms with van der Waals surface area (Å²) in [5.74, 6) is 6.30. The number of para-hydroxylation sites is 1. The third-order valence-corrected chi connectivity index (χ3v) is 6.45. The zero-order valence-corrected chi connectivity index (χ0v) is 18.6. The highest BCUT2D eigenvalue weighted by atomic mass is 35.5. The number of carbonyl (C=O) groups is 1. The lowest BCUT2D eigenvalue weighted by Crippen LogP contribution is -2.38. The molecular weight excluding hydrogens is 438 g/mol. The monoisotopic (exact) mass is 459 g/mol. The predicted molar refractivity (Wildman–Crippen MR) is 128 cm³/mol. The van der Waals surface area contributed by atoms with Gasteiger partial charge in [0, 0.05) is 37.6 Å². The summed E-state index contributed by atoms with van der Waals surface area (Å²) in [6.45, 7) is 2.03. The lowest BCUT2D eigenvalue weighted by atomic mass is 10.1. The van der Waals surface area contributed by atoms with Gasteiger partial charge in [-0.05, 0) is 42.7 Å². The van der Waals surface area contributed by atoms with E-state index in [2.05, 4.69) is 22.9 Å². The number of primary amides is 1. The Labute approximate surface area is 196 Å². The average molecular weight is 460 g/mol. The molecule has 0 spiro atoms. The predicted octanol–water partition coefficient (Wildman–Crippen LogP) is 2.43. The van der Waals surface area contributed by atoms with Gasteiger partial charge in [-0.3, -0.25) is 14.6 Å². The Balaban J connectivity index is 1.39. The van der Waals surface area contributed by atoms with Crippen molar-refractivity contribution in [2.75, 3.05) is 29.5 Å². The van der Waals surface area contributed by atoms with Crippen molar-refractivity contribution in [3.63, 3.8) is 0 Å². The first kappa shape index (κ1) is 21.1. The molecule has 0 radical (unpaired) electrons. The number of amides is 1. The molecule has 0 bridgehead atoms. The van der Waals surface area contributed by atoms with Crippen LogP contribution in [0.3, 0.4) is 0 Å². The molecule has 2 aliphatic heterocycles. The number of carbonyl (C=O) groups excluding carboxylic acids is 1. The van der Waals surface area contributed by atoms with Crippen molar-refractivity contribution in [2.45, 2.75) is 12.8 Å². The van der Waals surface area contributed by atoms with Crippen LogP contribution < -0.4 is 21.2 Å². The number of fused-ring (bicyclic) bond motifs is 1. The molecule has 1 amide bonds. The summed E-state index contributed by atoms with van der Waals surface area (Å²) < 4.78 is 1.58. The fourth-order valence-corrected chi connectivity index (χ4v) is 4.52. The number of aromatic nitrogens is 2. The standard InChI is InChI=1S/C25H22ClN5O2/c26-21-11-14-31(30-13-10-18-3-1-2-4-22(18)30)25(33)20(21)7-5-17-6-8-23(28-15-17)29-12-9-19(16-29)24(27)32/h1-4,6,8,11,14-15,19H,9-10,12-13,16H2,(H2,27,32)/t19-/m1/s1. The average Bonchev–Trinajstić information content (AvgIpc) is 3.48. The molecule has 8 heteroatoms.